The average molecular weight is 476 g/mol. The summed E-state index contributed by atoms with van der Waals surface area (Å²) in [6.07, 6.45) is 5.79. The number of halogens is 2. The Labute approximate surface area is 178 Å². The molecule has 0 nitrogen and oxygen atoms in total. The summed E-state index contributed by atoms with van der Waals surface area (Å²) in [6, 6.07) is 13.3. The predicted octanol–water partition coefficient (Wildman–Crippen LogP) is 8.11. The number of benzene rings is 2. The van der Waals surface area contributed by atoms with Gasteiger partial charge in [0.15, 0.2) is 0 Å². The Balaban J connectivity index is 1.71. The quantitative estimate of drug-likeness (QED) is 0.419. The molecule has 0 aliphatic heterocycles. The molecule has 2 aliphatic carbocycles. The third kappa shape index (κ3) is 3.45. The molecule has 0 radical (unpaired) electrons. The van der Waals surface area contributed by atoms with Gasteiger partial charge in [-0.05, 0) is 0 Å². The monoisotopic (exact) mass is 473 g/mol. The van der Waals surface area contributed by atoms with Crippen molar-refractivity contribution in [3.05, 3.63) is 80.9 Å². The van der Waals surface area contributed by atoms with E-state index in [9.17, 15) is 0 Å². The van der Waals surface area contributed by atoms with Crippen molar-refractivity contribution in [2.75, 3.05) is 0 Å². The molecule has 4 rings (SSSR count). The van der Waals surface area contributed by atoms with E-state index in [1.807, 2.05) is 0 Å². The van der Waals surface area contributed by atoms with Gasteiger partial charge in [0, 0.05) is 0 Å². The van der Waals surface area contributed by atoms with Gasteiger partial charge in [0.25, 0.3) is 0 Å². The summed E-state index contributed by atoms with van der Waals surface area (Å²) < 4.78 is 0.384. The minimum atomic E-state index is -2.50. The van der Waals surface area contributed by atoms with E-state index in [1.165, 1.54) is 44.5 Å². The van der Waals surface area contributed by atoms with Crippen LogP contribution in [0.3, 0.4) is 0 Å². The van der Waals surface area contributed by atoms with Crippen LogP contribution in [0.1, 0.15) is 65.5 Å². The van der Waals surface area contributed by atoms with Crippen molar-refractivity contribution in [2.24, 2.45) is 0 Å². The summed E-state index contributed by atoms with van der Waals surface area (Å²) in [5.41, 5.74) is 11.3. The first-order valence-electron chi connectivity index (χ1n) is 9.61. The molecule has 0 heterocycles. The molecule has 0 bridgehead atoms. The molecule has 27 heavy (non-hydrogen) atoms. The minimum absolute atomic E-state index is 0.381. The molecule has 2 aromatic rings. The van der Waals surface area contributed by atoms with Crippen LogP contribution in [-0.4, -0.2) is 0 Å². The molecule has 0 fully saturated rings. The van der Waals surface area contributed by atoms with Gasteiger partial charge in [-0.3, -0.25) is 0 Å². The topological polar surface area (TPSA) is 0 Å². The van der Waals surface area contributed by atoms with Gasteiger partial charge in [-0.1, -0.05) is 0 Å². The number of hydrogen-bond donors (Lipinski definition) is 0. The first-order chi connectivity index (χ1) is 12.9. The number of hydrogen-bond acceptors (Lipinski definition) is 0. The number of rotatable bonds is 4. The molecule has 3 atom stereocenters. The second-order valence-corrected chi connectivity index (χ2v) is 17.3. The number of aryl methyl sites for hydroxylation is 2. The Morgan fingerprint density at radius 3 is 2.00 bits per heavy atom. The molecule has 3 heteroatoms. The zero-order valence-corrected chi connectivity index (χ0v) is 20.3. The number of allylic oxidation sites excluding steroid dienone is 2. The summed E-state index contributed by atoms with van der Waals surface area (Å²) in [5, 5.41) is 0. The maximum atomic E-state index is 6.80. The van der Waals surface area contributed by atoms with Crippen molar-refractivity contribution in [1.29, 1.82) is 0 Å². The Kier molecular flexibility index (Phi) is 5.59. The van der Waals surface area contributed by atoms with Crippen LogP contribution >= 0.6 is 17.0 Å². The molecular weight excluding hydrogens is 450 g/mol. The van der Waals surface area contributed by atoms with Crippen molar-refractivity contribution >= 4 is 29.2 Å². The van der Waals surface area contributed by atoms with Gasteiger partial charge in [-0.25, -0.2) is 0 Å². The van der Waals surface area contributed by atoms with E-state index in [1.54, 1.807) is 0 Å². The van der Waals surface area contributed by atoms with Crippen LogP contribution in [0.15, 0.2) is 47.5 Å². The third-order valence-electron chi connectivity index (χ3n) is 6.38. The van der Waals surface area contributed by atoms with E-state index >= 15 is 0 Å². The molecule has 2 aliphatic rings. The van der Waals surface area contributed by atoms with Gasteiger partial charge in [-0.2, -0.15) is 0 Å². The molecule has 0 aromatic heterocycles. The van der Waals surface area contributed by atoms with Gasteiger partial charge < -0.3 is 0 Å². The zero-order chi connectivity index (χ0) is 19.3. The van der Waals surface area contributed by atoms with Crippen LogP contribution in [0.4, 0.5) is 0 Å². The Hall–Kier alpha value is -0.617. The second-order valence-electron chi connectivity index (χ2n) is 8.09. The van der Waals surface area contributed by atoms with Crippen LogP contribution in [0, 0.1) is 13.8 Å². The molecule has 0 N–H and O–H groups in total. The van der Waals surface area contributed by atoms with Crippen molar-refractivity contribution in [2.45, 2.75) is 49.6 Å². The molecular formula is C24H25Cl2Zr. The van der Waals surface area contributed by atoms with Gasteiger partial charge in [0.05, 0.1) is 0 Å². The van der Waals surface area contributed by atoms with Crippen LogP contribution in [0.5, 0.6) is 0 Å². The van der Waals surface area contributed by atoms with Crippen molar-refractivity contribution in [1.82, 2.24) is 0 Å². The Bertz CT molecular complexity index is 955. The Morgan fingerprint density at radius 1 is 0.815 bits per heavy atom. The van der Waals surface area contributed by atoms with E-state index in [4.69, 9.17) is 17.0 Å². The molecule has 3 unspecified atom stereocenters. The van der Waals surface area contributed by atoms with E-state index in [0.717, 1.165) is 6.42 Å². The zero-order valence-electron chi connectivity index (χ0n) is 16.3. The van der Waals surface area contributed by atoms with Crippen molar-refractivity contribution in [3.63, 3.8) is 0 Å². The average Bonchev–Trinajstić information content (AvgIpc) is 3.11. The van der Waals surface area contributed by atoms with Gasteiger partial charge in [0.1, 0.15) is 0 Å². The van der Waals surface area contributed by atoms with Crippen LogP contribution in [0.2, 0.25) is 3.63 Å². The summed E-state index contributed by atoms with van der Waals surface area (Å²) in [5.74, 6) is 0.825. The van der Waals surface area contributed by atoms with E-state index in [0.29, 0.717) is 15.5 Å². The van der Waals surface area contributed by atoms with E-state index in [2.05, 4.69) is 76.2 Å². The number of fused-ring (bicyclic) bond motifs is 2. The molecule has 0 spiro atoms. The Morgan fingerprint density at radius 2 is 1.37 bits per heavy atom. The van der Waals surface area contributed by atoms with E-state index in [-0.39, 0.29) is 0 Å². The SMILES string of the molecule is CC1=Cc2c(C)cccc2C1C[CH](C1C(C)=Cc2c(C)cccc21)[Zr]([Cl])[Cl]. The fourth-order valence-electron chi connectivity index (χ4n) is 4.96. The molecule has 0 saturated heterocycles. The van der Waals surface area contributed by atoms with Gasteiger partial charge in [0.2, 0.25) is 0 Å². The van der Waals surface area contributed by atoms with E-state index < -0.39 is 19.4 Å². The second kappa shape index (κ2) is 7.66. The summed E-state index contributed by atoms with van der Waals surface area (Å²) in [7, 11) is 13.6. The first-order valence-corrected chi connectivity index (χ1v) is 17.4. The van der Waals surface area contributed by atoms with Crippen LogP contribution in [0.25, 0.3) is 12.2 Å². The molecule has 0 amide bonds. The maximum absolute atomic E-state index is 6.80. The predicted molar refractivity (Wildman–Crippen MR) is 115 cm³/mol. The fourth-order valence-corrected chi connectivity index (χ4v) is 10.2. The summed E-state index contributed by atoms with van der Waals surface area (Å²) in [4.78, 5) is 0. The van der Waals surface area contributed by atoms with Gasteiger partial charge >= 0.3 is 179 Å². The standard InChI is InChI=1S/C24H25.2ClH.Zr/c1-15-7-5-9-21-19(17(3)13-23(15)21)11-12-20-18(4)14-24-16(2)8-6-10-22(20)24;;;/h5-11,13-14,19-20H,12H2,1-4H3;2*1H;/q;;;+2/p-2. The third-order valence-corrected chi connectivity index (χ3v) is 12.5. The van der Waals surface area contributed by atoms with Crippen molar-refractivity contribution in [3.8, 4) is 0 Å². The van der Waals surface area contributed by atoms with Crippen LogP contribution in [-0.2, 0) is 19.4 Å². The van der Waals surface area contributed by atoms with Crippen molar-refractivity contribution < 1.29 is 19.4 Å². The van der Waals surface area contributed by atoms with Gasteiger partial charge in [-0.15, -0.1) is 0 Å². The summed E-state index contributed by atoms with van der Waals surface area (Å²) in [6.45, 7) is 8.92. The fraction of sp³-hybridized carbons (Fsp3) is 0.333. The molecule has 139 valence electrons. The molecule has 0 saturated carbocycles. The normalized spacial score (nSPS) is 21.4. The molecule has 2 aromatic carbocycles. The van der Waals surface area contributed by atoms with Crippen LogP contribution < -0.4 is 0 Å². The summed E-state index contributed by atoms with van der Waals surface area (Å²) >= 11 is -2.50. The first kappa shape index (κ1) is 19.7.